The minimum Gasteiger partial charge on any atom is -0.444 e. The van der Waals surface area contributed by atoms with E-state index in [4.69, 9.17) is 16.0 Å². The Labute approximate surface area is 136 Å². The van der Waals surface area contributed by atoms with Gasteiger partial charge in [-0.3, -0.25) is 4.79 Å². The highest BCUT2D eigenvalue weighted by Crippen LogP contribution is 2.21. The molecule has 0 bridgehead atoms. The Bertz CT molecular complexity index is 633. The lowest BCUT2D eigenvalue weighted by atomic mass is 10.2. The van der Waals surface area contributed by atoms with Gasteiger partial charge in [-0.15, -0.1) is 0 Å². The van der Waals surface area contributed by atoms with E-state index in [-0.39, 0.29) is 5.91 Å². The van der Waals surface area contributed by atoms with Crippen molar-refractivity contribution in [3.8, 4) is 0 Å². The number of halogens is 2. The van der Waals surface area contributed by atoms with Crippen LogP contribution in [-0.2, 0) is 0 Å². The summed E-state index contributed by atoms with van der Waals surface area (Å²) in [6.07, 6.45) is 0. The molecular weight excluding hydrogens is 356 g/mol. The van der Waals surface area contributed by atoms with E-state index in [0.29, 0.717) is 23.5 Å². The summed E-state index contributed by atoms with van der Waals surface area (Å²) in [7, 11) is 0. The molecule has 2 aromatic rings. The average Bonchev–Trinajstić information content (AvgIpc) is 2.94. The van der Waals surface area contributed by atoms with Gasteiger partial charge < -0.3 is 14.2 Å². The molecule has 3 rings (SSSR count). The van der Waals surface area contributed by atoms with Crippen molar-refractivity contribution >= 4 is 39.1 Å². The van der Waals surface area contributed by atoms with Gasteiger partial charge >= 0.3 is 0 Å². The highest BCUT2D eigenvalue weighted by Gasteiger charge is 2.24. The van der Waals surface area contributed by atoms with Crippen LogP contribution in [0.5, 0.6) is 0 Å². The summed E-state index contributed by atoms with van der Waals surface area (Å²) >= 11 is 9.11. The van der Waals surface area contributed by atoms with Gasteiger partial charge in [0, 0.05) is 36.9 Å². The van der Waals surface area contributed by atoms with Crippen molar-refractivity contribution in [1.29, 1.82) is 0 Å². The van der Waals surface area contributed by atoms with E-state index >= 15 is 0 Å². The summed E-state index contributed by atoms with van der Waals surface area (Å²) in [4.78, 5) is 16.3. The maximum Gasteiger partial charge on any atom is 0.289 e. The molecule has 1 aliphatic rings. The molecule has 0 N–H and O–H groups in total. The van der Waals surface area contributed by atoms with Gasteiger partial charge in [0.05, 0.1) is 0 Å². The molecule has 0 radical (unpaired) electrons. The number of furan rings is 1. The molecule has 6 heteroatoms. The summed E-state index contributed by atoms with van der Waals surface area (Å²) < 4.78 is 5.90. The second-order valence-electron chi connectivity index (χ2n) is 4.86. The average molecular weight is 370 g/mol. The first-order chi connectivity index (χ1) is 10.1. The van der Waals surface area contributed by atoms with Gasteiger partial charge in [-0.2, -0.15) is 0 Å². The number of benzene rings is 1. The molecule has 1 saturated heterocycles. The monoisotopic (exact) mass is 368 g/mol. The maximum atomic E-state index is 12.3. The Hall–Kier alpha value is -1.46. The molecule has 1 aromatic carbocycles. The van der Waals surface area contributed by atoms with Crippen LogP contribution in [0.2, 0.25) is 5.02 Å². The van der Waals surface area contributed by atoms with Gasteiger partial charge in [-0.25, -0.2) is 0 Å². The van der Waals surface area contributed by atoms with E-state index in [2.05, 4.69) is 20.8 Å². The number of carbonyl (C=O) groups excluding carboxylic acids is 1. The van der Waals surface area contributed by atoms with Crippen molar-refractivity contribution in [3.05, 3.63) is 51.9 Å². The molecule has 4 nitrogen and oxygen atoms in total. The Balaban J connectivity index is 1.62. The van der Waals surface area contributed by atoms with Gasteiger partial charge in [0.1, 0.15) is 0 Å². The largest absolute Gasteiger partial charge is 0.444 e. The zero-order chi connectivity index (χ0) is 14.8. The molecule has 21 heavy (non-hydrogen) atoms. The number of rotatable bonds is 2. The minimum absolute atomic E-state index is 0.0588. The van der Waals surface area contributed by atoms with Crippen molar-refractivity contribution in [2.24, 2.45) is 0 Å². The third-order valence-corrected chi connectivity index (χ3v) is 4.22. The number of amides is 1. The first-order valence-corrected chi connectivity index (χ1v) is 7.86. The normalized spacial score (nSPS) is 15.3. The lowest BCUT2D eigenvalue weighted by Crippen LogP contribution is -2.48. The lowest BCUT2D eigenvalue weighted by molar-refractivity contribution is 0.0713. The van der Waals surface area contributed by atoms with E-state index < -0.39 is 0 Å². The van der Waals surface area contributed by atoms with E-state index in [1.54, 1.807) is 12.1 Å². The molecule has 1 aliphatic heterocycles. The molecular formula is C15H14BrClN2O2. The summed E-state index contributed by atoms with van der Waals surface area (Å²) in [5.41, 5.74) is 1.13. The zero-order valence-electron chi connectivity index (χ0n) is 11.3. The summed E-state index contributed by atoms with van der Waals surface area (Å²) in [5.74, 6) is 0.318. The van der Waals surface area contributed by atoms with E-state index in [1.807, 2.05) is 29.2 Å². The van der Waals surface area contributed by atoms with Crippen molar-refractivity contribution in [3.63, 3.8) is 0 Å². The first kappa shape index (κ1) is 14.5. The SMILES string of the molecule is O=C(c1ccc(Br)o1)N1CCN(c2ccc(Cl)cc2)CC1. The van der Waals surface area contributed by atoms with Crippen LogP contribution in [0.4, 0.5) is 5.69 Å². The van der Waals surface area contributed by atoms with Crippen LogP contribution in [0.1, 0.15) is 10.6 Å². The third-order valence-electron chi connectivity index (χ3n) is 3.54. The molecule has 0 spiro atoms. The van der Waals surface area contributed by atoms with Crippen LogP contribution in [0.15, 0.2) is 45.5 Å². The Morgan fingerprint density at radius 3 is 2.29 bits per heavy atom. The molecule has 1 fully saturated rings. The van der Waals surface area contributed by atoms with Gasteiger partial charge in [-0.1, -0.05) is 11.6 Å². The van der Waals surface area contributed by atoms with Crippen LogP contribution in [0.25, 0.3) is 0 Å². The Kier molecular flexibility index (Phi) is 4.22. The van der Waals surface area contributed by atoms with Crippen molar-refractivity contribution in [1.82, 2.24) is 4.90 Å². The molecule has 1 aromatic heterocycles. The molecule has 0 unspecified atom stereocenters. The van der Waals surface area contributed by atoms with E-state index in [0.717, 1.165) is 23.8 Å². The highest BCUT2D eigenvalue weighted by molar-refractivity contribution is 9.10. The molecule has 2 heterocycles. The topological polar surface area (TPSA) is 36.7 Å². The van der Waals surface area contributed by atoms with Crippen molar-refractivity contribution in [2.75, 3.05) is 31.1 Å². The van der Waals surface area contributed by atoms with Gasteiger partial charge in [0.2, 0.25) is 0 Å². The molecule has 1 amide bonds. The van der Waals surface area contributed by atoms with E-state index in [1.165, 1.54) is 0 Å². The molecule has 0 saturated carbocycles. The van der Waals surface area contributed by atoms with Gasteiger partial charge in [-0.05, 0) is 52.3 Å². The fraction of sp³-hybridized carbons (Fsp3) is 0.267. The van der Waals surface area contributed by atoms with Crippen LogP contribution >= 0.6 is 27.5 Å². The van der Waals surface area contributed by atoms with Crippen LogP contribution in [-0.4, -0.2) is 37.0 Å². The summed E-state index contributed by atoms with van der Waals surface area (Å²) in [5, 5.41) is 0.732. The summed E-state index contributed by atoms with van der Waals surface area (Å²) in [6, 6.07) is 11.2. The third kappa shape index (κ3) is 3.24. The number of piperazine rings is 1. The predicted molar refractivity (Wildman–Crippen MR) is 86.0 cm³/mol. The summed E-state index contributed by atoms with van der Waals surface area (Å²) in [6.45, 7) is 2.96. The lowest BCUT2D eigenvalue weighted by Gasteiger charge is -2.35. The van der Waals surface area contributed by atoms with Gasteiger partial charge in [0.15, 0.2) is 10.4 Å². The Morgan fingerprint density at radius 1 is 1.05 bits per heavy atom. The van der Waals surface area contributed by atoms with E-state index in [9.17, 15) is 4.79 Å². The Morgan fingerprint density at radius 2 is 1.71 bits per heavy atom. The second kappa shape index (κ2) is 6.12. The van der Waals surface area contributed by atoms with Crippen LogP contribution < -0.4 is 4.90 Å². The quantitative estimate of drug-likeness (QED) is 0.810. The first-order valence-electron chi connectivity index (χ1n) is 6.68. The van der Waals surface area contributed by atoms with Crippen molar-refractivity contribution in [2.45, 2.75) is 0 Å². The number of hydrogen-bond donors (Lipinski definition) is 0. The van der Waals surface area contributed by atoms with Gasteiger partial charge in [0.25, 0.3) is 5.91 Å². The molecule has 0 atom stereocenters. The van der Waals surface area contributed by atoms with Crippen molar-refractivity contribution < 1.29 is 9.21 Å². The predicted octanol–water partition coefficient (Wildman–Crippen LogP) is 3.66. The van der Waals surface area contributed by atoms with Crippen LogP contribution in [0.3, 0.4) is 0 Å². The minimum atomic E-state index is -0.0588. The number of nitrogens with zero attached hydrogens (tertiary/aromatic N) is 2. The fourth-order valence-corrected chi connectivity index (χ4v) is 2.84. The maximum absolute atomic E-state index is 12.3. The molecule has 0 aliphatic carbocycles. The van der Waals surface area contributed by atoms with Crippen LogP contribution in [0, 0.1) is 0 Å². The highest BCUT2D eigenvalue weighted by atomic mass is 79.9. The smallest absolute Gasteiger partial charge is 0.289 e. The number of hydrogen-bond acceptors (Lipinski definition) is 3. The standard InChI is InChI=1S/C15H14BrClN2O2/c16-14-6-5-13(21-14)15(20)19-9-7-18(8-10-19)12-3-1-11(17)2-4-12/h1-6H,7-10H2. The number of anilines is 1. The second-order valence-corrected chi connectivity index (χ2v) is 6.08. The molecule has 110 valence electrons. The zero-order valence-corrected chi connectivity index (χ0v) is 13.6. The number of carbonyl (C=O) groups is 1. The fourth-order valence-electron chi connectivity index (χ4n) is 2.40.